The van der Waals surface area contributed by atoms with Crippen molar-refractivity contribution < 1.29 is 17.9 Å². The highest BCUT2D eigenvalue weighted by Gasteiger charge is 2.19. The summed E-state index contributed by atoms with van der Waals surface area (Å²) >= 11 is 12.0. The summed E-state index contributed by atoms with van der Waals surface area (Å²) in [6, 6.07) is 18.0. The highest BCUT2D eigenvalue weighted by atomic mass is 35.5. The summed E-state index contributed by atoms with van der Waals surface area (Å²) in [6.45, 7) is 3.66. The highest BCUT2D eigenvalue weighted by Crippen LogP contribution is 2.31. The number of carbonyl (C=O) groups is 1. The van der Waals surface area contributed by atoms with Gasteiger partial charge in [0.1, 0.15) is 5.75 Å². The van der Waals surface area contributed by atoms with Gasteiger partial charge in [0.15, 0.2) is 6.10 Å². The Morgan fingerprint density at radius 1 is 1.00 bits per heavy atom. The second-order valence-corrected chi connectivity index (χ2v) is 9.41. The Balaban J connectivity index is 1.67. The Hall–Kier alpha value is -2.74. The van der Waals surface area contributed by atoms with Gasteiger partial charge in [0.25, 0.3) is 15.9 Å². The van der Waals surface area contributed by atoms with Crippen molar-refractivity contribution in [3.8, 4) is 5.75 Å². The molecular weight excluding hydrogens is 471 g/mol. The van der Waals surface area contributed by atoms with Crippen LogP contribution in [0.3, 0.4) is 0 Å². The van der Waals surface area contributed by atoms with Crippen molar-refractivity contribution >= 4 is 50.5 Å². The molecule has 0 spiro atoms. The van der Waals surface area contributed by atoms with E-state index in [0.717, 1.165) is 12.0 Å². The van der Waals surface area contributed by atoms with Crippen LogP contribution in [0.4, 0.5) is 11.4 Å². The molecule has 0 aromatic heterocycles. The van der Waals surface area contributed by atoms with E-state index in [-0.39, 0.29) is 26.5 Å². The molecule has 32 heavy (non-hydrogen) atoms. The van der Waals surface area contributed by atoms with Gasteiger partial charge in [-0.3, -0.25) is 9.52 Å². The first-order valence-electron chi connectivity index (χ1n) is 9.83. The number of rotatable bonds is 8. The van der Waals surface area contributed by atoms with Crippen LogP contribution in [0.5, 0.6) is 5.75 Å². The zero-order valence-corrected chi connectivity index (χ0v) is 19.8. The molecule has 0 aliphatic carbocycles. The van der Waals surface area contributed by atoms with E-state index in [1.165, 1.54) is 30.3 Å². The van der Waals surface area contributed by atoms with Gasteiger partial charge in [-0.25, -0.2) is 8.42 Å². The summed E-state index contributed by atoms with van der Waals surface area (Å²) in [5, 5.41) is 3.08. The smallest absolute Gasteiger partial charge is 0.265 e. The van der Waals surface area contributed by atoms with Crippen LogP contribution in [0.15, 0.2) is 71.6 Å². The molecular formula is C23H22Cl2N2O4S. The van der Waals surface area contributed by atoms with Crippen LogP contribution in [0, 0.1) is 0 Å². The third-order valence-corrected chi connectivity index (χ3v) is 6.85. The molecule has 0 fully saturated rings. The molecule has 0 saturated heterocycles. The van der Waals surface area contributed by atoms with Crippen LogP contribution < -0.4 is 14.8 Å². The summed E-state index contributed by atoms with van der Waals surface area (Å²) < 4.78 is 33.5. The summed E-state index contributed by atoms with van der Waals surface area (Å²) in [4.78, 5) is 12.5. The van der Waals surface area contributed by atoms with E-state index in [2.05, 4.69) is 10.0 Å². The molecule has 6 nitrogen and oxygen atoms in total. The number of aryl methyl sites for hydroxylation is 1. The molecule has 0 bridgehead atoms. The summed E-state index contributed by atoms with van der Waals surface area (Å²) in [5.41, 5.74) is 1.62. The average Bonchev–Trinajstić information content (AvgIpc) is 2.77. The fraction of sp³-hybridized carbons (Fsp3) is 0.174. The molecule has 3 aromatic rings. The van der Waals surface area contributed by atoms with Crippen LogP contribution in [0.25, 0.3) is 0 Å². The lowest BCUT2D eigenvalue weighted by atomic mass is 10.1. The molecule has 9 heteroatoms. The van der Waals surface area contributed by atoms with Gasteiger partial charge in [-0.1, -0.05) is 54.4 Å². The third kappa shape index (κ3) is 5.73. The minimum absolute atomic E-state index is 0.00714. The summed E-state index contributed by atoms with van der Waals surface area (Å²) in [7, 11) is -3.89. The second kappa shape index (κ2) is 10.3. The zero-order chi connectivity index (χ0) is 23.3. The van der Waals surface area contributed by atoms with E-state index in [9.17, 15) is 13.2 Å². The van der Waals surface area contributed by atoms with Crippen molar-refractivity contribution in [2.45, 2.75) is 31.3 Å². The van der Waals surface area contributed by atoms with Gasteiger partial charge in [0.05, 0.1) is 20.6 Å². The molecule has 0 unspecified atom stereocenters. The molecule has 1 atom stereocenters. The maximum Gasteiger partial charge on any atom is 0.265 e. The van der Waals surface area contributed by atoms with Crippen molar-refractivity contribution in [2.75, 3.05) is 10.0 Å². The third-order valence-electron chi connectivity index (χ3n) is 4.65. The number of sulfonamides is 1. The Morgan fingerprint density at radius 3 is 2.38 bits per heavy atom. The monoisotopic (exact) mass is 492 g/mol. The first-order valence-corrected chi connectivity index (χ1v) is 12.1. The number of anilines is 2. The lowest BCUT2D eigenvalue weighted by Crippen LogP contribution is -2.30. The molecule has 3 aromatic carbocycles. The van der Waals surface area contributed by atoms with Gasteiger partial charge in [-0.05, 0) is 61.4 Å². The topological polar surface area (TPSA) is 84.5 Å². The van der Waals surface area contributed by atoms with E-state index < -0.39 is 16.1 Å². The van der Waals surface area contributed by atoms with E-state index >= 15 is 0 Å². The van der Waals surface area contributed by atoms with Crippen molar-refractivity contribution in [1.82, 2.24) is 0 Å². The Bertz CT molecular complexity index is 1210. The van der Waals surface area contributed by atoms with Gasteiger partial charge in [-0.2, -0.15) is 0 Å². The fourth-order valence-electron chi connectivity index (χ4n) is 2.90. The van der Waals surface area contributed by atoms with Crippen LogP contribution in [-0.2, 0) is 21.2 Å². The molecule has 2 N–H and O–H groups in total. The Labute approximate surface area is 197 Å². The van der Waals surface area contributed by atoms with E-state index in [0.29, 0.717) is 11.4 Å². The van der Waals surface area contributed by atoms with E-state index in [4.69, 9.17) is 27.9 Å². The number of nitrogens with one attached hydrogen (secondary N) is 2. The molecule has 168 valence electrons. The fourth-order valence-corrected chi connectivity index (χ4v) is 4.38. The van der Waals surface area contributed by atoms with Gasteiger partial charge >= 0.3 is 0 Å². The normalized spacial score (nSPS) is 12.1. The first-order chi connectivity index (χ1) is 15.2. The number of ether oxygens (including phenoxy) is 1. The van der Waals surface area contributed by atoms with Crippen molar-refractivity contribution in [3.63, 3.8) is 0 Å². The number of carbonyl (C=O) groups excluding carboxylic acids is 1. The zero-order valence-electron chi connectivity index (χ0n) is 17.4. The first kappa shape index (κ1) is 23.9. The average molecular weight is 493 g/mol. The van der Waals surface area contributed by atoms with Gasteiger partial charge in [0, 0.05) is 5.69 Å². The van der Waals surface area contributed by atoms with Gasteiger partial charge < -0.3 is 10.1 Å². The van der Waals surface area contributed by atoms with Gasteiger partial charge in [0.2, 0.25) is 0 Å². The van der Waals surface area contributed by atoms with Crippen LogP contribution in [-0.4, -0.2) is 20.4 Å². The number of hydrogen-bond acceptors (Lipinski definition) is 4. The second-order valence-electron chi connectivity index (χ2n) is 6.94. The minimum Gasteiger partial charge on any atom is -0.481 e. The number of hydrogen-bond donors (Lipinski definition) is 2. The number of halogens is 2. The lowest BCUT2D eigenvalue weighted by molar-refractivity contribution is -0.122. The number of para-hydroxylation sites is 1. The largest absolute Gasteiger partial charge is 0.481 e. The molecule has 0 aliphatic rings. The van der Waals surface area contributed by atoms with Crippen LogP contribution in [0.2, 0.25) is 10.0 Å². The van der Waals surface area contributed by atoms with Crippen molar-refractivity contribution in [2.24, 2.45) is 0 Å². The lowest BCUT2D eigenvalue weighted by Gasteiger charge is -2.17. The standard InChI is InChI=1S/C23H22Cl2N2O4S/c1-3-16-7-4-5-10-21(16)31-15(2)23(28)26-17-11-13-18(14-12-17)32(29,30)27-20-9-6-8-19(24)22(20)25/h4-15,27H,3H2,1-2H3,(H,26,28)/t15-/m0/s1. The van der Waals surface area contributed by atoms with Crippen LogP contribution in [0.1, 0.15) is 19.4 Å². The Morgan fingerprint density at radius 2 is 1.69 bits per heavy atom. The van der Waals surface area contributed by atoms with Crippen molar-refractivity contribution in [3.05, 3.63) is 82.3 Å². The van der Waals surface area contributed by atoms with Gasteiger partial charge in [-0.15, -0.1) is 0 Å². The number of benzene rings is 3. The number of amides is 1. The molecule has 0 saturated carbocycles. The molecule has 3 rings (SSSR count). The maximum absolute atomic E-state index is 12.7. The maximum atomic E-state index is 12.7. The SMILES string of the molecule is CCc1ccccc1O[C@@H](C)C(=O)Nc1ccc(S(=O)(=O)Nc2cccc(Cl)c2Cl)cc1. The molecule has 0 heterocycles. The highest BCUT2D eigenvalue weighted by molar-refractivity contribution is 7.92. The molecule has 1 amide bonds. The predicted octanol–water partition coefficient (Wildman–Crippen LogP) is 5.76. The quantitative estimate of drug-likeness (QED) is 0.418. The predicted molar refractivity (Wildman–Crippen MR) is 128 cm³/mol. The molecule has 0 radical (unpaired) electrons. The van der Waals surface area contributed by atoms with Crippen molar-refractivity contribution in [1.29, 1.82) is 0 Å². The molecule has 0 aliphatic heterocycles. The van der Waals surface area contributed by atoms with E-state index in [1.54, 1.807) is 19.1 Å². The summed E-state index contributed by atoms with van der Waals surface area (Å²) in [6.07, 6.45) is 0.0484. The Kier molecular flexibility index (Phi) is 7.66. The van der Waals surface area contributed by atoms with Crippen LogP contribution >= 0.6 is 23.2 Å². The van der Waals surface area contributed by atoms with E-state index in [1.807, 2.05) is 31.2 Å². The minimum atomic E-state index is -3.89. The summed E-state index contributed by atoms with van der Waals surface area (Å²) in [5.74, 6) is 0.306.